The molecule has 0 unspecified atom stereocenters. The predicted molar refractivity (Wildman–Crippen MR) is 96.6 cm³/mol. The van der Waals surface area contributed by atoms with Crippen molar-refractivity contribution in [3.8, 4) is 22.8 Å². The number of nitrogens with zero attached hydrogens (tertiary/aromatic N) is 3. The van der Waals surface area contributed by atoms with Gasteiger partial charge in [0.2, 0.25) is 5.89 Å². The summed E-state index contributed by atoms with van der Waals surface area (Å²) >= 11 is 0. The molecule has 2 aromatic carbocycles. The van der Waals surface area contributed by atoms with Crippen molar-refractivity contribution >= 4 is 17.3 Å². The molecular weight excluding hydrogens is 370 g/mol. The highest BCUT2D eigenvalue weighted by atomic mass is 16.6. The molecule has 3 rings (SSSR count). The first-order valence-electron chi connectivity index (χ1n) is 8.09. The molecule has 0 aliphatic heterocycles. The number of para-hydroxylation sites is 1. The zero-order valence-electron chi connectivity index (χ0n) is 14.5. The number of carbonyl (C=O) groups excluding carboxylic acids is 1. The summed E-state index contributed by atoms with van der Waals surface area (Å²) in [5.41, 5.74) is -0.180. The van der Waals surface area contributed by atoms with Crippen LogP contribution in [-0.2, 0) is 4.74 Å². The highest BCUT2D eigenvalue weighted by Crippen LogP contribution is 2.35. The number of hydrogen-bond acceptors (Lipinski definition) is 8. The Kier molecular flexibility index (Phi) is 5.12. The van der Waals surface area contributed by atoms with E-state index in [4.69, 9.17) is 9.15 Å². The van der Waals surface area contributed by atoms with Crippen LogP contribution in [-0.4, -0.2) is 27.4 Å². The molecule has 0 saturated heterocycles. The fraction of sp³-hybridized carbons (Fsp3) is 0.111. The summed E-state index contributed by atoms with van der Waals surface area (Å²) in [5, 5.41) is 22.1. The number of non-ortho nitro benzene ring substituents is 1. The Hall–Kier alpha value is -4.08. The molecule has 1 aromatic heterocycles. The summed E-state index contributed by atoms with van der Waals surface area (Å²) < 4.78 is 10.6. The SMILES string of the molecule is CCOC(=O)c1nc(-c2ccc([N+](=O)[O-])cc2)oc1-c1ccccc1[N+](=O)[O-]. The van der Waals surface area contributed by atoms with Crippen LogP contribution in [0.2, 0.25) is 0 Å². The minimum absolute atomic E-state index is 0.0221. The van der Waals surface area contributed by atoms with Gasteiger partial charge in [0.25, 0.3) is 11.4 Å². The molecule has 0 spiro atoms. The van der Waals surface area contributed by atoms with Crippen molar-refractivity contribution in [2.24, 2.45) is 0 Å². The van der Waals surface area contributed by atoms with Gasteiger partial charge in [-0.1, -0.05) is 12.1 Å². The van der Waals surface area contributed by atoms with Gasteiger partial charge in [-0.3, -0.25) is 20.2 Å². The highest BCUT2D eigenvalue weighted by molar-refractivity contribution is 5.95. The molecule has 142 valence electrons. The molecule has 0 bridgehead atoms. The predicted octanol–water partition coefficient (Wildman–Crippen LogP) is 4.00. The van der Waals surface area contributed by atoms with Gasteiger partial charge in [-0.25, -0.2) is 9.78 Å². The van der Waals surface area contributed by atoms with Crippen LogP contribution in [0.1, 0.15) is 17.4 Å². The van der Waals surface area contributed by atoms with E-state index in [1.165, 1.54) is 42.5 Å². The molecule has 0 fully saturated rings. The molecule has 0 atom stereocenters. The van der Waals surface area contributed by atoms with Gasteiger partial charge in [0.1, 0.15) is 0 Å². The Balaban J connectivity index is 2.15. The zero-order chi connectivity index (χ0) is 20.3. The number of oxazole rings is 1. The maximum absolute atomic E-state index is 12.3. The van der Waals surface area contributed by atoms with Gasteiger partial charge in [-0.05, 0) is 25.1 Å². The smallest absolute Gasteiger partial charge is 0.361 e. The van der Waals surface area contributed by atoms with E-state index in [-0.39, 0.29) is 40.9 Å². The summed E-state index contributed by atoms with van der Waals surface area (Å²) in [4.78, 5) is 37.4. The second-order valence-corrected chi connectivity index (χ2v) is 5.50. The van der Waals surface area contributed by atoms with Gasteiger partial charge in [0, 0.05) is 23.8 Å². The lowest BCUT2D eigenvalue weighted by Crippen LogP contribution is -2.07. The summed E-state index contributed by atoms with van der Waals surface area (Å²) in [6, 6.07) is 11.1. The molecular formula is C18H13N3O7. The van der Waals surface area contributed by atoms with Crippen LogP contribution < -0.4 is 0 Å². The summed E-state index contributed by atoms with van der Waals surface area (Å²) in [6.07, 6.45) is 0. The fourth-order valence-electron chi connectivity index (χ4n) is 2.51. The maximum atomic E-state index is 12.3. The fourth-order valence-corrected chi connectivity index (χ4v) is 2.51. The largest absolute Gasteiger partial charge is 0.461 e. The van der Waals surface area contributed by atoms with E-state index in [0.717, 1.165) is 0 Å². The van der Waals surface area contributed by atoms with E-state index < -0.39 is 15.8 Å². The first-order chi connectivity index (χ1) is 13.4. The summed E-state index contributed by atoms with van der Waals surface area (Å²) in [5.74, 6) is -0.933. The van der Waals surface area contributed by atoms with E-state index in [9.17, 15) is 25.0 Å². The van der Waals surface area contributed by atoms with Crippen LogP contribution in [0.3, 0.4) is 0 Å². The molecule has 0 aliphatic rings. The Labute approximate surface area is 157 Å². The van der Waals surface area contributed by atoms with E-state index in [0.29, 0.717) is 5.56 Å². The molecule has 10 nitrogen and oxygen atoms in total. The third-order valence-electron chi connectivity index (χ3n) is 3.77. The van der Waals surface area contributed by atoms with Crippen LogP contribution >= 0.6 is 0 Å². The Morgan fingerprint density at radius 3 is 2.36 bits per heavy atom. The van der Waals surface area contributed by atoms with Crippen molar-refractivity contribution in [1.29, 1.82) is 0 Å². The van der Waals surface area contributed by atoms with E-state index in [1.54, 1.807) is 13.0 Å². The molecule has 3 aromatic rings. The lowest BCUT2D eigenvalue weighted by atomic mass is 10.1. The number of nitro groups is 2. The highest BCUT2D eigenvalue weighted by Gasteiger charge is 2.28. The van der Waals surface area contributed by atoms with Crippen molar-refractivity contribution < 1.29 is 23.8 Å². The summed E-state index contributed by atoms with van der Waals surface area (Å²) in [7, 11) is 0. The van der Waals surface area contributed by atoms with Crippen LogP contribution in [0.5, 0.6) is 0 Å². The minimum Gasteiger partial charge on any atom is -0.461 e. The van der Waals surface area contributed by atoms with Crippen molar-refractivity contribution in [3.63, 3.8) is 0 Å². The average molecular weight is 383 g/mol. The molecule has 0 saturated carbocycles. The third kappa shape index (κ3) is 3.56. The monoisotopic (exact) mass is 383 g/mol. The number of rotatable bonds is 6. The van der Waals surface area contributed by atoms with Gasteiger partial charge in [-0.15, -0.1) is 0 Å². The number of carbonyl (C=O) groups is 1. The molecule has 28 heavy (non-hydrogen) atoms. The minimum atomic E-state index is -0.799. The van der Waals surface area contributed by atoms with Gasteiger partial charge < -0.3 is 9.15 Å². The average Bonchev–Trinajstić information content (AvgIpc) is 3.13. The van der Waals surface area contributed by atoms with Crippen LogP contribution in [0.15, 0.2) is 52.9 Å². The molecule has 10 heteroatoms. The standard InChI is InChI=1S/C18H13N3O7/c1-2-27-18(22)15-16(13-5-3-4-6-14(13)21(25)26)28-17(19-15)11-7-9-12(10-8-11)20(23)24/h3-10H,2H2,1H3. The van der Waals surface area contributed by atoms with Crippen molar-refractivity contribution in [2.75, 3.05) is 6.61 Å². The van der Waals surface area contributed by atoms with E-state index in [2.05, 4.69) is 4.98 Å². The quantitative estimate of drug-likeness (QED) is 0.353. The van der Waals surface area contributed by atoms with Crippen LogP contribution in [0, 0.1) is 20.2 Å². The second-order valence-electron chi connectivity index (χ2n) is 5.50. The van der Waals surface area contributed by atoms with Gasteiger partial charge >= 0.3 is 5.97 Å². The molecule has 1 heterocycles. The lowest BCUT2D eigenvalue weighted by Gasteiger charge is -2.02. The normalized spacial score (nSPS) is 10.5. The van der Waals surface area contributed by atoms with Gasteiger partial charge in [0.15, 0.2) is 11.5 Å². The zero-order valence-corrected chi connectivity index (χ0v) is 14.5. The van der Waals surface area contributed by atoms with Crippen molar-refractivity contribution in [3.05, 3.63) is 74.5 Å². The Bertz CT molecular complexity index is 1060. The van der Waals surface area contributed by atoms with Gasteiger partial charge in [0.05, 0.1) is 22.0 Å². The topological polar surface area (TPSA) is 139 Å². The maximum Gasteiger partial charge on any atom is 0.361 e. The number of esters is 1. The first kappa shape index (κ1) is 18.7. The Morgan fingerprint density at radius 1 is 1.07 bits per heavy atom. The van der Waals surface area contributed by atoms with Crippen molar-refractivity contribution in [2.45, 2.75) is 6.92 Å². The van der Waals surface area contributed by atoms with E-state index >= 15 is 0 Å². The van der Waals surface area contributed by atoms with E-state index in [1.807, 2.05) is 0 Å². The number of nitro benzene ring substituents is 2. The summed E-state index contributed by atoms with van der Waals surface area (Å²) in [6.45, 7) is 1.69. The third-order valence-corrected chi connectivity index (χ3v) is 3.77. The number of ether oxygens (including phenoxy) is 1. The van der Waals surface area contributed by atoms with Gasteiger partial charge in [-0.2, -0.15) is 0 Å². The Morgan fingerprint density at radius 2 is 1.75 bits per heavy atom. The van der Waals surface area contributed by atoms with Crippen LogP contribution in [0.25, 0.3) is 22.8 Å². The first-order valence-corrected chi connectivity index (χ1v) is 8.09. The molecule has 0 amide bonds. The molecule has 0 radical (unpaired) electrons. The number of hydrogen-bond donors (Lipinski definition) is 0. The van der Waals surface area contributed by atoms with Crippen molar-refractivity contribution in [1.82, 2.24) is 4.98 Å². The lowest BCUT2D eigenvalue weighted by molar-refractivity contribution is -0.384. The second kappa shape index (κ2) is 7.66. The number of benzene rings is 2. The number of aromatic nitrogens is 1. The van der Waals surface area contributed by atoms with Crippen LogP contribution in [0.4, 0.5) is 11.4 Å². The molecule has 0 aliphatic carbocycles. The molecule has 0 N–H and O–H groups in total.